The van der Waals surface area contributed by atoms with Crippen LogP contribution in [0.4, 0.5) is 0 Å². The molecule has 68 heavy (non-hydrogen) atoms. The monoisotopic (exact) mass is 959 g/mol. The third-order valence-electron chi connectivity index (χ3n) is 14.0. The van der Waals surface area contributed by atoms with Gasteiger partial charge in [-0.1, -0.05) is 296 Å². The molecule has 6 nitrogen and oxygen atoms in total. The Kier molecular flexibility index (Phi) is 56.2. The molecule has 1 unspecified atom stereocenters. The molecule has 0 N–H and O–H groups in total. The number of allylic oxidation sites excluding steroid dienone is 2. The fraction of sp³-hybridized carbons (Fsp3) is 0.919. The zero-order valence-electron chi connectivity index (χ0n) is 46.2. The second kappa shape index (κ2) is 57.7. The fourth-order valence-electron chi connectivity index (χ4n) is 9.38. The van der Waals surface area contributed by atoms with Crippen molar-refractivity contribution in [2.45, 2.75) is 354 Å². The fourth-order valence-corrected chi connectivity index (χ4v) is 9.38. The Bertz CT molecular complexity index is 1060. The molecule has 0 aromatic rings. The summed E-state index contributed by atoms with van der Waals surface area (Å²) in [5, 5.41) is 0. The molecule has 0 aliphatic carbocycles. The van der Waals surface area contributed by atoms with Crippen LogP contribution < -0.4 is 0 Å². The molecule has 402 valence electrons. The maximum Gasteiger partial charge on any atom is 0.306 e. The Morgan fingerprint density at radius 1 is 0.279 bits per heavy atom. The highest BCUT2D eigenvalue weighted by atomic mass is 16.6. The normalized spacial score (nSPS) is 12.0. The second-order valence-electron chi connectivity index (χ2n) is 21.0. The van der Waals surface area contributed by atoms with Crippen molar-refractivity contribution < 1.29 is 28.6 Å². The van der Waals surface area contributed by atoms with Crippen LogP contribution in [-0.2, 0) is 28.6 Å². The van der Waals surface area contributed by atoms with Gasteiger partial charge in [0.15, 0.2) is 6.10 Å². The minimum absolute atomic E-state index is 0.0651. The lowest BCUT2D eigenvalue weighted by atomic mass is 10.0. The highest BCUT2D eigenvalue weighted by Gasteiger charge is 2.19. The predicted octanol–water partition coefficient (Wildman–Crippen LogP) is 20.5. The molecule has 0 amide bonds. The van der Waals surface area contributed by atoms with Gasteiger partial charge in [-0.05, 0) is 44.9 Å². The SMILES string of the molecule is CCCCCCCCCC/C=C\CCCCCCCCCCCCCCCC(=O)OCC(COC(=O)CCCCCCC)OC(=O)CCCCCCCCCCCCCCCCCCCCCC. The van der Waals surface area contributed by atoms with Crippen LogP contribution in [0.3, 0.4) is 0 Å². The van der Waals surface area contributed by atoms with Crippen molar-refractivity contribution in [2.75, 3.05) is 13.2 Å². The van der Waals surface area contributed by atoms with E-state index in [4.69, 9.17) is 14.2 Å². The van der Waals surface area contributed by atoms with Gasteiger partial charge in [-0.25, -0.2) is 0 Å². The van der Waals surface area contributed by atoms with Crippen molar-refractivity contribution in [1.82, 2.24) is 0 Å². The zero-order chi connectivity index (χ0) is 49.3. The Labute approximate surface area is 424 Å². The highest BCUT2D eigenvalue weighted by Crippen LogP contribution is 2.18. The van der Waals surface area contributed by atoms with Crippen molar-refractivity contribution in [2.24, 2.45) is 0 Å². The Hall–Kier alpha value is -1.85. The van der Waals surface area contributed by atoms with Crippen LogP contribution in [0.25, 0.3) is 0 Å². The molecule has 0 aliphatic rings. The summed E-state index contributed by atoms with van der Waals surface area (Å²) in [6, 6.07) is 0. The molecule has 1 atom stereocenters. The van der Waals surface area contributed by atoms with E-state index in [1.165, 1.54) is 244 Å². The van der Waals surface area contributed by atoms with Crippen molar-refractivity contribution in [3.8, 4) is 0 Å². The number of rotatable bonds is 57. The van der Waals surface area contributed by atoms with Crippen molar-refractivity contribution >= 4 is 17.9 Å². The molecular weight excluding hydrogens is 841 g/mol. The van der Waals surface area contributed by atoms with E-state index in [1.807, 2.05) is 0 Å². The number of carbonyl (C=O) groups is 3. The van der Waals surface area contributed by atoms with Gasteiger partial charge in [-0.2, -0.15) is 0 Å². The molecule has 6 heteroatoms. The first-order chi connectivity index (χ1) is 33.5. The number of carbonyl (C=O) groups excluding carboxylic acids is 3. The minimum atomic E-state index is -0.762. The molecule has 0 bridgehead atoms. The Balaban J connectivity index is 3.99. The average molecular weight is 960 g/mol. The molecule has 0 heterocycles. The highest BCUT2D eigenvalue weighted by molar-refractivity contribution is 5.71. The molecule has 0 rings (SSSR count). The van der Waals surface area contributed by atoms with Gasteiger partial charge in [0.1, 0.15) is 13.2 Å². The molecule has 0 fully saturated rings. The quantitative estimate of drug-likeness (QED) is 0.0262. The van der Waals surface area contributed by atoms with Gasteiger partial charge in [-0.3, -0.25) is 14.4 Å². The lowest BCUT2D eigenvalue weighted by Gasteiger charge is -2.18. The lowest BCUT2D eigenvalue weighted by molar-refractivity contribution is -0.167. The van der Waals surface area contributed by atoms with Crippen LogP contribution in [0, 0.1) is 0 Å². The number of esters is 3. The molecule has 0 saturated carbocycles. The van der Waals surface area contributed by atoms with Crippen LogP contribution >= 0.6 is 0 Å². The molecule has 0 radical (unpaired) electrons. The topological polar surface area (TPSA) is 78.9 Å². The van der Waals surface area contributed by atoms with Crippen LogP contribution in [0.15, 0.2) is 12.2 Å². The van der Waals surface area contributed by atoms with E-state index in [0.29, 0.717) is 19.3 Å². The van der Waals surface area contributed by atoms with E-state index in [1.54, 1.807) is 0 Å². The Morgan fingerprint density at radius 2 is 0.485 bits per heavy atom. The van der Waals surface area contributed by atoms with E-state index < -0.39 is 6.10 Å². The maximum absolute atomic E-state index is 12.8. The zero-order valence-corrected chi connectivity index (χ0v) is 46.2. The molecule has 0 aliphatic heterocycles. The first kappa shape index (κ1) is 66.2. The number of hydrogen-bond acceptors (Lipinski definition) is 6. The Morgan fingerprint density at radius 3 is 0.735 bits per heavy atom. The summed E-state index contributed by atoms with van der Waals surface area (Å²) in [6.07, 6.45) is 67.0. The molecule has 0 aromatic carbocycles. The third-order valence-corrected chi connectivity index (χ3v) is 14.0. The minimum Gasteiger partial charge on any atom is -0.462 e. The van der Waals surface area contributed by atoms with Gasteiger partial charge in [0.25, 0.3) is 0 Å². The van der Waals surface area contributed by atoms with E-state index in [0.717, 1.165) is 64.2 Å². The second-order valence-corrected chi connectivity index (χ2v) is 21.0. The predicted molar refractivity (Wildman–Crippen MR) is 293 cm³/mol. The van der Waals surface area contributed by atoms with Gasteiger partial charge >= 0.3 is 17.9 Å². The average Bonchev–Trinajstić information content (AvgIpc) is 3.34. The molecule has 0 aromatic heterocycles. The lowest BCUT2D eigenvalue weighted by Crippen LogP contribution is -2.30. The van der Waals surface area contributed by atoms with Crippen molar-refractivity contribution in [1.29, 1.82) is 0 Å². The largest absolute Gasteiger partial charge is 0.462 e. The summed E-state index contributed by atoms with van der Waals surface area (Å²) >= 11 is 0. The molecular formula is C62H118O6. The third kappa shape index (κ3) is 55.1. The van der Waals surface area contributed by atoms with Gasteiger partial charge in [0.2, 0.25) is 0 Å². The van der Waals surface area contributed by atoms with Crippen molar-refractivity contribution in [3.63, 3.8) is 0 Å². The van der Waals surface area contributed by atoms with E-state index in [2.05, 4.69) is 32.9 Å². The number of unbranched alkanes of at least 4 members (excludes halogenated alkanes) is 44. The summed E-state index contributed by atoms with van der Waals surface area (Å²) in [7, 11) is 0. The summed E-state index contributed by atoms with van der Waals surface area (Å²) in [4.78, 5) is 37.8. The van der Waals surface area contributed by atoms with Gasteiger partial charge in [0, 0.05) is 19.3 Å². The van der Waals surface area contributed by atoms with Gasteiger partial charge in [-0.15, -0.1) is 0 Å². The van der Waals surface area contributed by atoms with Crippen molar-refractivity contribution in [3.05, 3.63) is 12.2 Å². The van der Waals surface area contributed by atoms with Gasteiger partial charge in [0.05, 0.1) is 0 Å². The van der Waals surface area contributed by atoms with Crippen LogP contribution in [0.5, 0.6) is 0 Å². The van der Waals surface area contributed by atoms with Crippen LogP contribution in [0.1, 0.15) is 348 Å². The summed E-state index contributed by atoms with van der Waals surface area (Å²) in [5.74, 6) is -0.855. The number of hydrogen-bond donors (Lipinski definition) is 0. The van der Waals surface area contributed by atoms with Crippen LogP contribution in [-0.4, -0.2) is 37.2 Å². The van der Waals surface area contributed by atoms with E-state index >= 15 is 0 Å². The maximum atomic E-state index is 12.8. The molecule has 0 saturated heterocycles. The first-order valence-corrected chi connectivity index (χ1v) is 30.7. The summed E-state index contributed by atoms with van der Waals surface area (Å²) < 4.78 is 16.8. The first-order valence-electron chi connectivity index (χ1n) is 30.7. The van der Waals surface area contributed by atoms with Gasteiger partial charge < -0.3 is 14.2 Å². The van der Waals surface area contributed by atoms with E-state index in [9.17, 15) is 14.4 Å². The van der Waals surface area contributed by atoms with E-state index in [-0.39, 0.29) is 31.1 Å². The van der Waals surface area contributed by atoms with Crippen LogP contribution in [0.2, 0.25) is 0 Å². The molecule has 0 spiro atoms. The summed E-state index contributed by atoms with van der Waals surface area (Å²) in [6.45, 7) is 6.62. The standard InChI is InChI=1S/C62H118O6/c1-4-7-10-13-15-17-19-21-23-25-27-29-30-31-32-33-35-36-38-40-42-44-46-49-52-55-61(64)67-58-59(57-66-60(63)54-51-48-12-9-6-3)68-62(65)56-53-50-47-45-43-41-39-37-34-28-26-24-22-20-18-16-14-11-8-5-2/h25,27,59H,4-24,26,28-58H2,1-3H3/b27-25-. The number of ether oxygens (including phenoxy) is 3. The summed E-state index contributed by atoms with van der Waals surface area (Å²) in [5.41, 5.74) is 0. The smallest absolute Gasteiger partial charge is 0.306 e.